The molecule has 2 aliphatic rings. The highest BCUT2D eigenvalue weighted by atomic mass is 32.2. The van der Waals surface area contributed by atoms with E-state index in [9.17, 15) is 4.79 Å². The molecule has 0 bridgehead atoms. The van der Waals surface area contributed by atoms with Crippen molar-refractivity contribution in [1.29, 1.82) is 0 Å². The van der Waals surface area contributed by atoms with Gasteiger partial charge in [-0.25, -0.2) is 0 Å². The second-order valence-corrected chi connectivity index (χ2v) is 7.56. The van der Waals surface area contributed by atoms with Crippen LogP contribution in [0.1, 0.15) is 56.8 Å². The highest BCUT2D eigenvalue weighted by Crippen LogP contribution is 2.45. The number of hydrogen-bond donors (Lipinski definition) is 0. The van der Waals surface area contributed by atoms with Crippen LogP contribution < -0.4 is 4.90 Å². The Morgan fingerprint density at radius 3 is 2.55 bits per heavy atom. The first-order valence-corrected chi connectivity index (χ1v) is 8.13. The molecule has 1 heterocycles. The summed E-state index contributed by atoms with van der Waals surface area (Å²) in [4.78, 5) is 16.2. The minimum atomic E-state index is -0.0147. The van der Waals surface area contributed by atoms with E-state index in [1.54, 1.807) is 0 Å². The minimum absolute atomic E-state index is 0.0147. The number of fused-ring (bicyclic) bond motifs is 1. The number of thioether (sulfide) groups is 1. The van der Waals surface area contributed by atoms with Crippen LogP contribution in [0.5, 0.6) is 0 Å². The summed E-state index contributed by atoms with van der Waals surface area (Å²) in [6.07, 6.45) is 4.56. The van der Waals surface area contributed by atoms with Gasteiger partial charge in [0.2, 0.25) is 5.12 Å². The zero-order valence-corrected chi connectivity index (χ0v) is 13.2. The van der Waals surface area contributed by atoms with Crippen molar-refractivity contribution in [1.82, 2.24) is 0 Å². The highest BCUT2D eigenvalue weighted by molar-refractivity contribution is 8.17. The largest absolute Gasteiger partial charge is 0.338 e. The summed E-state index contributed by atoms with van der Waals surface area (Å²) in [6.45, 7) is 6.68. The molecule has 3 rings (SSSR count). The first-order valence-electron chi connectivity index (χ1n) is 7.32. The summed E-state index contributed by atoms with van der Waals surface area (Å²) >= 11 is 1.45. The molecule has 2 nitrogen and oxygen atoms in total. The number of anilines is 1. The number of nitrogens with zero attached hydrogens (tertiary/aromatic N) is 1. The third-order valence-electron chi connectivity index (χ3n) is 3.91. The molecule has 1 aliphatic heterocycles. The third-order valence-corrected chi connectivity index (χ3v) is 5.00. The summed E-state index contributed by atoms with van der Waals surface area (Å²) < 4.78 is 0. The number of rotatable bonds is 0. The van der Waals surface area contributed by atoms with Crippen LogP contribution in [0.25, 0.3) is 0 Å². The van der Waals surface area contributed by atoms with Crippen LogP contribution in [0.4, 0.5) is 5.69 Å². The molecule has 0 unspecified atom stereocenters. The van der Waals surface area contributed by atoms with E-state index in [0.717, 1.165) is 24.1 Å². The molecule has 0 saturated heterocycles. The van der Waals surface area contributed by atoms with E-state index in [1.807, 2.05) is 18.2 Å². The lowest BCUT2D eigenvalue weighted by Gasteiger charge is -2.41. The van der Waals surface area contributed by atoms with Crippen molar-refractivity contribution in [2.24, 2.45) is 0 Å². The van der Waals surface area contributed by atoms with E-state index in [0.29, 0.717) is 0 Å². The van der Waals surface area contributed by atoms with Crippen molar-refractivity contribution in [3.63, 3.8) is 0 Å². The molecule has 0 spiro atoms. The lowest BCUT2D eigenvalue weighted by Crippen LogP contribution is -2.41. The molecule has 1 aliphatic carbocycles. The van der Waals surface area contributed by atoms with Gasteiger partial charge in [-0.15, -0.1) is 0 Å². The van der Waals surface area contributed by atoms with E-state index in [1.165, 1.54) is 35.2 Å². The van der Waals surface area contributed by atoms with Crippen molar-refractivity contribution < 1.29 is 4.79 Å². The van der Waals surface area contributed by atoms with Crippen molar-refractivity contribution in [2.75, 3.05) is 4.90 Å². The fourth-order valence-electron chi connectivity index (χ4n) is 3.13. The van der Waals surface area contributed by atoms with E-state index >= 15 is 0 Å². The lowest BCUT2D eigenvalue weighted by molar-refractivity contribution is 0.109. The predicted molar refractivity (Wildman–Crippen MR) is 86.1 cm³/mol. The van der Waals surface area contributed by atoms with E-state index in [-0.39, 0.29) is 10.7 Å². The van der Waals surface area contributed by atoms with Gasteiger partial charge < -0.3 is 4.90 Å². The molecular formula is C17H21NOS. The molecular weight excluding hydrogens is 266 g/mol. The molecule has 3 heteroatoms. The zero-order valence-electron chi connectivity index (χ0n) is 12.4. The van der Waals surface area contributed by atoms with Gasteiger partial charge in [0, 0.05) is 16.1 Å². The Morgan fingerprint density at radius 1 is 1.10 bits per heavy atom. The maximum Gasteiger partial charge on any atom is 0.225 e. The molecule has 0 aromatic heterocycles. The Hall–Kier alpha value is -1.22. The average Bonchev–Trinajstić information content (AvgIpc) is 2.52. The molecule has 0 N–H and O–H groups in total. The number of para-hydroxylation sites is 1. The molecule has 0 saturated carbocycles. The molecule has 0 atom stereocenters. The monoisotopic (exact) mass is 287 g/mol. The molecule has 0 amide bonds. The van der Waals surface area contributed by atoms with Crippen LogP contribution in [-0.2, 0) is 0 Å². The second-order valence-electron chi connectivity index (χ2n) is 6.49. The quantitative estimate of drug-likeness (QED) is 0.672. The molecule has 1 aromatic carbocycles. The van der Waals surface area contributed by atoms with E-state index in [2.05, 4.69) is 31.7 Å². The topological polar surface area (TPSA) is 20.3 Å². The number of carbonyl (C=O) groups excluding carboxylic acids is 1. The maximum atomic E-state index is 12.5. The number of hydrogen-bond acceptors (Lipinski definition) is 3. The highest BCUT2D eigenvalue weighted by Gasteiger charge is 2.34. The van der Waals surface area contributed by atoms with Gasteiger partial charge in [0.05, 0.1) is 11.3 Å². The summed E-state index contributed by atoms with van der Waals surface area (Å²) in [5.41, 5.74) is 3.28. The molecule has 0 fully saturated rings. The van der Waals surface area contributed by atoms with Crippen molar-refractivity contribution in [3.05, 3.63) is 40.4 Å². The number of allylic oxidation sites excluding steroid dienone is 2. The molecule has 0 radical (unpaired) electrons. The fourth-order valence-corrected chi connectivity index (χ4v) is 4.19. The van der Waals surface area contributed by atoms with Crippen LogP contribution in [0.3, 0.4) is 0 Å². The Morgan fingerprint density at radius 2 is 1.80 bits per heavy atom. The molecule has 106 valence electrons. The number of carbonyl (C=O) groups is 1. The van der Waals surface area contributed by atoms with Gasteiger partial charge in [-0.1, -0.05) is 12.1 Å². The minimum Gasteiger partial charge on any atom is -0.338 e. The Bertz CT molecular complexity index is 583. The normalized spacial score (nSPS) is 19.6. The second kappa shape index (κ2) is 4.96. The fraction of sp³-hybridized carbons (Fsp3) is 0.471. The first-order chi connectivity index (χ1) is 9.48. The van der Waals surface area contributed by atoms with Gasteiger partial charge in [-0.2, -0.15) is 0 Å². The van der Waals surface area contributed by atoms with Gasteiger partial charge in [0.25, 0.3) is 0 Å². The van der Waals surface area contributed by atoms with Crippen molar-refractivity contribution in [3.8, 4) is 0 Å². The Kier molecular flexibility index (Phi) is 3.41. The van der Waals surface area contributed by atoms with Crippen LogP contribution >= 0.6 is 11.8 Å². The SMILES string of the molecule is CC(C)(C)N1C2=C(CCCC2)SC(=O)c2ccccc21. The zero-order chi connectivity index (χ0) is 14.3. The van der Waals surface area contributed by atoms with Crippen LogP contribution in [0.15, 0.2) is 34.9 Å². The predicted octanol–water partition coefficient (Wildman–Crippen LogP) is 4.96. The number of benzene rings is 1. The van der Waals surface area contributed by atoms with Crippen LogP contribution in [-0.4, -0.2) is 10.7 Å². The summed E-state index contributed by atoms with van der Waals surface area (Å²) in [5, 5.41) is 0.196. The molecule has 1 aromatic rings. The van der Waals surface area contributed by atoms with Crippen molar-refractivity contribution >= 4 is 22.6 Å². The van der Waals surface area contributed by atoms with Gasteiger partial charge in [-0.05, 0) is 70.3 Å². The van der Waals surface area contributed by atoms with Crippen LogP contribution in [0.2, 0.25) is 0 Å². The van der Waals surface area contributed by atoms with Crippen molar-refractivity contribution in [2.45, 2.75) is 52.0 Å². The van der Waals surface area contributed by atoms with E-state index < -0.39 is 0 Å². The van der Waals surface area contributed by atoms with Gasteiger partial charge in [0.1, 0.15) is 0 Å². The average molecular weight is 287 g/mol. The maximum absolute atomic E-state index is 12.5. The third kappa shape index (κ3) is 2.28. The van der Waals surface area contributed by atoms with Gasteiger partial charge >= 0.3 is 0 Å². The summed E-state index contributed by atoms with van der Waals surface area (Å²) in [5.74, 6) is 0. The summed E-state index contributed by atoms with van der Waals surface area (Å²) in [6, 6.07) is 8.04. The van der Waals surface area contributed by atoms with Gasteiger partial charge in [-0.3, -0.25) is 4.79 Å². The van der Waals surface area contributed by atoms with Crippen LogP contribution in [0, 0.1) is 0 Å². The lowest BCUT2D eigenvalue weighted by atomic mass is 9.96. The van der Waals surface area contributed by atoms with Gasteiger partial charge in [0.15, 0.2) is 0 Å². The molecule has 20 heavy (non-hydrogen) atoms. The smallest absolute Gasteiger partial charge is 0.225 e. The summed E-state index contributed by atoms with van der Waals surface area (Å²) in [7, 11) is 0. The standard InChI is InChI=1S/C17H21NOS/c1-17(2,3)18-13-9-5-4-8-12(13)16(19)20-15-11-7-6-10-14(15)18/h4-5,8-9H,6-7,10-11H2,1-3H3. The Labute approximate surface area is 125 Å². The van der Waals surface area contributed by atoms with E-state index in [4.69, 9.17) is 0 Å². The first kappa shape index (κ1) is 13.7. The Balaban J connectivity index is 2.23.